The first-order valence-corrected chi connectivity index (χ1v) is 6.77. The summed E-state index contributed by atoms with van der Waals surface area (Å²) in [6.07, 6.45) is -2.18. The van der Waals surface area contributed by atoms with Gasteiger partial charge >= 0.3 is 5.92 Å². The van der Waals surface area contributed by atoms with E-state index in [1.165, 1.54) is 36.4 Å². The Morgan fingerprint density at radius 3 is 2.09 bits per heavy atom. The van der Waals surface area contributed by atoms with Gasteiger partial charge in [-0.3, -0.25) is 4.79 Å². The topological polar surface area (TPSA) is 40.5 Å². The maximum atomic E-state index is 14.2. The molecule has 0 amide bonds. The molecule has 0 aliphatic carbocycles. The molecule has 0 radical (unpaired) electrons. The Labute approximate surface area is 127 Å². The molecule has 2 rings (SSSR count). The molecule has 0 unspecified atom stereocenters. The second kappa shape index (κ2) is 6.23. The van der Waals surface area contributed by atoms with Crippen molar-refractivity contribution in [3.05, 3.63) is 65.7 Å². The van der Waals surface area contributed by atoms with E-state index in [0.717, 1.165) is 5.69 Å². The summed E-state index contributed by atoms with van der Waals surface area (Å²) in [5.41, 5.74) is 0.685. The standard InChI is InChI=1S/C17H17F2NO2/c1-20(2)14-10-8-13(9-11-14)16(22)17(18,19)15(21)12-6-4-3-5-7-12/h3-11,16,22H,1-2H3/t16-/m0/s1. The number of alkyl halides is 2. The van der Waals surface area contributed by atoms with Gasteiger partial charge in [-0.05, 0) is 17.7 Å². The quantitative estimate of drug-likeness (QED) is 0.862. The van der Waals surface area contributed by atoms with Crippen molar-refractivity contribution >= 4 is 11.5 Å². The van der Waals surface area contributed by atoms with Crippen LogP contribution < -0.4 is 4.90 Å². The highest BCUT2D eigenvalue weighted by Crippen LogP contribution is 2.34. The highest BCUT2D eigenvalue weighted by Gasteiger charge is 2.47. The van der Waals surface area contributed by atoms with Crippen LogP contribution in [0.2, 0.25) is 0 Å². The molecule has 0 saturated heterocycles. The van der Waals surface area contributed by atoms with Crippen molar-refractivity contribution < 1.29 is 18.7 Å². The van der Waals surface area contributed by atoms with Crippen LogP contribution in [0.1, 0.15) is 22.0 Å². The number of nitrogens with zero attached hydrogens (tertiary/aromatic N) is 1. The maximum Gasteiger partial charge on any atom is 0.339 e. The summed E-state index contributed by atoms with van der Waals surface area (Å²) in [5.74, 6) is -5.28. The van der Waals surface area contributed by atoms with E-state index in [4.69, 9.17) is 0 Å². The lowest BCUT2D eigenvalue weighted by Gasteiger charge is -2.22. The van der Waals surface area contributed by atoms with Gasteiger partial charge in [-0.1, -0.05) is 42.5 Å². The Balaban J connectivity index is 2.26. The van der Waals surface area contributed by atoms with Gasteiger partial charge in [0.25, 0.3) is 0 Å². The van der Waals surface area contributed by atoms with Crippen molar-refractivity contribution in [3.8, 4) is 0 Å². The number of Topliss-reactive ketones (excluding diaryl/α,β-unsaturated/α-hetero) is 1. The molecule has 1 N–H and O–H groups in total. The Hall–Kier alpha value is -2.27. The summed E-state index contributed by atoms with van der Waals surface area (Å²) in [6.45, 7) is 0. The third-order valence-electron chi connectivity index (χ3n) is 3.41. The summed E-state index contributed by atoms with van der Waals surface area (Å²) >= 11 is 0. The van der Waals surface area contributed by atoms with Crippen LogP contribution in [0, 0.1) is 0 Å². The fraction of sp³-hybridized carbons (Fsp3) is 0.235. The molecule has 22 heavy (non-hydrogen) atoms. The molecule has 2 aromatic carbocycles. The van der Waals surface area contributed by atoms with E-state index in [2.05, 4.69) is 0 Å². The monoisotopic (exact) mass is 305 g/mol. The van der Waals surface area contributed by atoms with Crippen molar-refractivity contribution in [1.82, 2.24) is 0 Å². The molecular weight excluding hydrogens is 288 g/mol. The van der Waals surface area contributed by atoms with Gasteiger partial charge in [-0.25, -0.2) is 0 Å². The molecule has 0 saturated carbocycles. The molecule has 0 fully saturated rings. The first-order valence-electron chi connectivity index (χ1n) is 6.77. The summed E-state index contributed by atoms with van der Waals surface area (Å²) in [7, 11) is 3.64. The Kier molecular flexibility index (Phi) is 4.56. The first-order chi connectivity index (χ1) is 10.3. The van der Waals surface area contributed by atoms with Crippen LogP contribution in [-0.4, -0.2) is 30.9 Å². The van der Waals surface area contributed by atoms with Crippen LogP contribution >= 0.6 is 0 Å². The number of anilines is 1. The predicted octanol–water partition coefficient (Wildman–Crippen LogP) is 3.30. The fourth-order valence-corrected chi connectivity index (χ4v) is 2.07. The van der Waals surface area contributed by atoms with Gasteiger partial charge in [0, 0.05) is 25.3 Å². The normalized spacial score (nSPS) is 12.8. The van der Waals surface area contributed by atoms with Crippen molar-refractivity contribution in [2.45, 2.75) is 12.0 Å². The van der Waals surface area contributed by atoms with Crippen molar-refractivity contribution in [2.75, 3.05) is 19.0 Å². The molecule has 3 nitrogen and oxygen atoms in total. The molecule has 0 heterocycles. The number of carbonyl (C=O) groups is 1. The smallest absolute Gasteiger partial charge is 0.339 e. The number of aliphatic hydroxyl groups is 1. The van der Waals surface area contributed by atoms with Crippen molar-refractivity contribution in [2.24, 2.45) is 0 Å². The van der Waals surface area contributed by atoms with Gasteiger partial charge in [0.15, 0.2) is 6.10 Å². The second-order valence-corrected chi connectivity index (χ2v) is 5.21. The molecule has 5 heteroatoms. The van der Waals surface area contributed by atoms with Crippen molar-refractivity contribution in [1.29, 1.82) is 0 Å². The average Bonchev–Trinajstić information content (AvgIpc) is 2.54. The minimum atomic E-state index is -3.89. The van der Waals surface area contributed by atoms with Gasteiger partial charge < -0.3 is 10.0 Å². The van der Waals surface area contributed by atoms with Gasteiger partial charge in [-0.2, -0.15) is 8.78 Å². The van der Waals surface area contributed by atoms with Crippen LogP contribution in [0.3, 0.4) is 0 Å². The summed E-state index contributed by atoms with van der Waals surface area (Å²) in [6, 6.07) is 13.3. The van der Waals surface area contributed by atoms with E-state index in [-0.39, 0.29) is 11.1 Å². The molecule has 0 aliphatic rings. The molecule has 2 aromatic rings. The molecule has 116 valence electrons. The van der Waals surface area contributed by atoms with Gasteiger partial charge in [0.1, 0.15) is 0 Å². The Morgan fingerprint density at radius 2 is 1.59 bits per heavy atom. The summed E-state index contributed by atoms with van der Waals surface area (Å²) in [4.78, 5) is 13.7. The van der Waals surface area contributed by atoms with Crippen LogP contribution in [0.5, 0.6) is 0 Å². The number of ketones is 1. The molecule has 0 aromatic heterocycles. The van der Waals surface area contributed by atoms with E-state index in [9.17, 15) is 18.7 Å². The lowest BCUT2D eigenvalue weighted by atomic mass is 9.96. The fourth-order valence-electron chi connectivity index (χ4n) is 2.07. The number of aliphatic hydroxyl groups excluding tert-OH is 1. The van der Waals surface area contributed by atoms with Crippen molar-refractivity contribution in [3.63, 3.8) is 0 Å². The number of halogens is 2. The van der Waals surface area contributed by atoms with Gasteiger partial charge in [0.2, 0.25) is 5.78 Å². The van der Waals surface area contributed by atoms with Gasteiger partial charge in [0.05, 0.1) is 0 Å². The molecular formula is C17H17F2NO2. The van der Waals surface area contributed by atoms with E-state index < -0.39 is 17.8 Å². The molecule has 1 atom stereocenters. The van der Waals surface area contributed by atoms with Gasteiger partial charge in [-0.15, -0.1) is 0 Å². The van der Waals surface area contributed by atoms with E-state index >= 15 is 0 Å². The zero-order valence-electron chi connectivity index (χ0n) is 12.3. The van der Waals surface area contributed by atoms with E-state index in [1.54, 1.807) is 18.2 Å². The van der Waals surface area contributed by atoms with Crippen LogP contribution in [0.15, 0.2) is 54.6 Å². The number of rotatable bonds is 5. The maximum absolute atomic E-state index is 14.2. The minimum absolute atomic E-state index is 0.000110. The zero-order chi connectivity index (χ0) is 16.3. The van der Waals surface area contributed by atoms with Crippen LogP contribution in [0.4, 0.5) is 14.5 Å². The molecule has 0 bridgehead atoms. The number of carbonyl (C=O) groups excluding carboxylic acids is 1. The third kappa shape index (κ3) is 3.14. The second-order valence-electron chi connectivity index (χ2n) is 5.21. The predicted molar refractivity (Wildman–Crippen MR) is 81.4 cm³/mol. The Morgan fingerprint density at radius 1 is 1.05 bits per heavy atom. The highest BCUT2D eigenvalue weighted by molar-refractivity contribution is 6.01. The van der Waals surface area contributed by atoms with E-state index in [1.807, 2.05) is 19.0 Å². The highest BCUT2D eigenvalue weighted by atomic mass is 19.3. The number of benzene rings is 2. The lowest BCUT2D eigenvalue weighted by molar-refractivity contribution is -0.0792. The lowest BCUT2D eigenvalue weighted by Crippen LogP contribution is -2.35. The number of hydrogen-bond donors (Lipinski definition) is 1. The molecule has 0 aliphatic heterocycles. The summed E-state index contributed by atoms with van der Waals surface area (Å²) in [5, 5.41) is 9.93. The van der Waals surface area contributed by atoms with Crippen LogP contribution in [-0.2, 0) is 0 Å². The minimum Gasteiger partial charge on any atom is -0.382 e. The number of hydrogen-bond acceptors (Lipinski definition) is 3. The summed E-state index contributed by atoms with van der Waals surface area (Å²) < 4.78 is 28.5. The van der Waals surface area contributed by atoms with Crippen LogP contribution in [0.25, 0.3) is 0 Å². The third-order valence-corrected chi connectivity index (χ3v) is 3.41. The SMILES string of the molecule is CN(C)c1ccc([C@H](O)C(F)(F)C(=O)c2ccccc2)cc1. The Bertz CT molecular complexity index is 639. The van der Waals surface area contributed by atoms with E-state index in [0.29, 0.717) is 0 Å². The molecule has 0 spiro atoms. The zero-order valence-corrected chi connectivity index (χ0v) is 12.3. The largest absolute Gasteiger partial charge is 0.382 e. The average molecular weight is 305 g/mol. The first kappa shape index (κ1) is 16.1.